The first-order valence-electron chi connectivity index (χ1n) is 9.69. The second kappa shape index (κ2) is 8.58. The third-order valence-electron chi connectivity index (χ3n) is 5.05. The van der Waals surface area contributed by atoms with Crippen LogP contribution in [0.5, 0.6) is 5.75 Å². The van der Waals surface area contributed by atoms with Crippen LogP contribution in [0, 0.1) is 0 Å². The number of alkyl halides is 3. The zero-order chi connectivity index (χ0) is 24.7. The van der Waals surface area contributed by atoms with Crippen LogP contribution in [0.3, 0.4) is 0 Å². The number of nitrogens with zero attached hydrogens (tertiary/aromatic N) is 2. The molecule has 0 amide bonds. The number of aliphatic imine (C=N–C) groups is 1. The SMILES string of the molecule is NS(=O)(=O)c1ccc(C2=NC(O)(c3ccc(OC(F)(F)F)cc3)CN2c2ccc(Cl)cc2)cc1. The van der Waals surface area contributed by atoms with Crippen molar-refractivity contribution >= 4 is 33.1 Å². The summed E-state index contributed by atoms with van der Waals surface area (Å²) in [5.41, 5.74) is -0.469. The number of nitrogens with two attached hydrogens (primary N) is 1. The molecule has 4 rings (SSSR count). The Hall–Kier alpha value is -3.12. The van der Waals surface area contributed by atoms with E-state index in [1.54, 1.807) is 29.2 Å². The standard InChI is InChI=1S/C22H17ClF3N3O4S/c23-16-5-7-17(8-6-16)29-13-21(30,15-3-9-18(10-4-15)33-22(24,25)26)28-20(29)14-1-11-19(12-2-14)34(27,31)32/h1-12,30H,13H2,(H2,27,31,32). The Morgan fingerprint density at radius 2 is 1.59 bits per heavy atom. The molecule has 0 fully saturated rings. The van der Waals surface area contributed by atoms with E-state index in [1.165, 1.54) is 36.4 Å². The predicted molar refractivity (Wildman–Crippen MR) is 120 cm³/mol. The van der Waals surface area contributed by atoms with Crippen molar-refractivity contribution in [2.24, 2.45) is 10.1 Å². The Balaban J connectivity index is 1.74. The number of benzene rings is 3. The zero-order valence-corrected chi connectivity index (χ0v) is 18.8. The molecule has 7 nitrogen and oxygen atoms in total. The van der Waals surface area contributed by atoms with Crippen molar-refractivity contribution in [2.75, 3.05) is 11.4 Å². The van der Waals surface area contributed by atoms with Crippen molar-refractivity contribution in [3.05, 3.63) is 88.9 Å². The first-order chi connectivity index (χ1) is 15.8. The van der Waals surface area contributed by atoms with E-state index < -0.39 is 27.9 Å². The Morgan fingerprint density at radius 1 is 1.00 bits per heavy atom. The fourth-order valence-electron chi connectivity index (χ4n) is 3.49. The minimum Gasteiger partial charge on any atom is -0.406 e. The molecule has 12 heteroatoms. The summed E-state index contributed by atoms with van der Waals surface area (Å²) in [6, 6.07) is 17.1. The van der Waals surface area contributed by atoms with E-state index in [0.29, 0.717) is 22.1 Å². The molecule has 1 heterocycles. The first kappa shape index (κ1) is 24.0. The molecule has 1 unspecified atom stereocenters. The van der Waals surface area contributed by atoms with Crippen LogP contribution in [0.1, 0.15) is 11.1 Å². The fraction of sp³-hybridized carbons (Fsp3) is 0.136. The van der Waals surface area contributed by atoms with Gasteiger partial charge in [-0.05, 0) is 60.7 Å². The van der Waals surface area contributed by atoms with Crippen LogP contribution in [0.25, 0.3) is 0 Å². The highest BCUT2D eigenvalue weighted by Gasteiger charge is 2.40. The van der Waals surface area contributed by atoms with E-state index in [-0.39, 0.29) is 17.0 Å². The fourth-order valence-corrected chi connectivity index (χ4v) is 4.14. The number of hydrogen-bond donors (Lipinski definition) is 2. The lowest BCUT2D eigenvalue weighted by Crippen LogP contribution is -2.34. The number of hydrogen-bond acceptors (Lipinski definition) is 6. The molecule has 0 saturated heterocycles. The number of aliphatic hydroxyl groups is 1. The molecule has 178 valence electrons. The number of ether oxygens (including phenoxy) is 1. The van der Waals surface area contributed by atoms with Crippen LogP contribution >= 0.6 is 11.6 Å². The van der Waals surface area contributed by atoms with E-state index in [2.05, 4.69) is 9.73 Å². The average molecular weight is 512 g/mol. The highest BCUT2D eigenvalue weighted by atomic mass is 35.5. The summed E-state index contributed by atoms with van der Waals surface area (Å²) in [5.74, 6) is -0.128. The Morgan fingerprint density at radius 3 is 2.12 bits per heavy atom. The quantitative estimate of drug-likeness (QED) is 0.539. The molecule has 0 saturated carbocycles. The van der Waals surface area contributed by atoms with Crippen LogP contribution < -0.4 is 14.8 Å². The lowest BCUT2D eigenvalue weighted by atomic mass is 10.0. The van der Waals surface area contributed by atoms with Crippen LogP contribution in [-0.4, -0.2) is 32.3 Å². The first-order valence-corrected chi connectivity index (χ1v) is 11.6. The third kappa shape index (κ3) is 5.17. The molecule has 0 aliphatic carbocycles. The molecule has 0 spiro atoms. The second-order valence-corrected chi connectivity index (χ2v) is 9.45. The van der Waals surface area contributed by atoms with Gasteiger partial charge in [0.2, 0.25) is 15.7 Å². The van der Waals surface area contributed by atoms with Gasteiger partial charge in [-0.15, -0.1) is 13.2 Å². The molecule has 34 heavy (non-hydrogen) atoms. The van der Waals surface area contributed by atoms with Gasteiger partial charge in [-0.1, -0.05) is 23.7 Å². The summed E-state index contributed by atoms with van der Waals surface area (Å²) < 4.78 is 64.5. The van der Waals surface area contributed by atoms with E-state index >= 15 is 0 Å². The van der Waals surface area contributed by atoms with Crippen LogP contribution in [0.15, 0.2) is 82.7 Å². The number of rotatable bonds is 5. The Bertz CT molecular complexity index is 1330. The highest BCUT2D eigenvalue weighted by molar-refractivity contribution is 7.89. The van der Waals surface area contributed by atoms with Gasteiger partial charge in [0.1, 0.15) is 11.6 Å². The van der Waals surface area contributed by atoms with Gasteiger partial charge in [-0.3, -0.25) is 0 Å². The molecular weight excluding hydrogens is 495 g/mol. The topological polar surface area (TPSA) is 105 Å². The minimum absolute atomic E-state index is 0.0691. The van der Waals surface area contributed by atoms with Crippen LogP contribution in [0.2, 0.25) is 5.02 Å². The number of amidine groups is 1. The second-order valence-electron chi connectivity index (χ2n) is 7.46. The van der Waals surface area contributed by atoms with Crippen LogP contribution in [0.4, 0.5) is 18.9 Å². The van der Waals surface area contributed by atoms with Gasteiger partial charge in [0, 0.05) is 21.8 Å². The highest BCUT2D eigenvalue weighted by Crippen LogP contribution is 2.36. The van der Waals surface area contributed by atoms with Crippen molar-refractivity contribution in [2.45, 2.75) is 17.0 Å². The van der Waals surface area contributed by atoms with Gasteiger partial charge in [0.25, 0.3) is 0 Å². The maximum absolute atomic E-state index is 12.5. The molecule has 3 aromatic carbocycles. The third-order valence-corrected chi connectivity index (χ3v) is 6.24. The minimum atomic E-state index is -4.84. The van der Waals surface area contributed by atoms with Crippen molar-refractivity contribution in [3.8, 4) is 5.75 Å². The largest absolute Gasteiger partial charge is 0.573 e. The summed E-state index contributed by atoms with van der Waals surface area (Å²) >= 11 is 5.99. The van der Waals surface area contributed by atoms with Gasteiger partial charge in [0.15, 0.2) is 0 Å². The molecule has 0 bridgehead atoms. The number of sulfonamides is 1. The molecule has 3 N–H and O–H groups in total. The van der Waals surface area contributed by atoms with Gasteiger partial charge in [0.05, 0.1) is 11.4 Å². The van der Waals surface area contributed by atoms with Crippen LogP contribution in [-0.2, 0) is 15.7 Å². The predicted octanol–water partition coefficient (Wildman–Crippen LogP) is 4.00. The summed E-state index contributed by atoms with van der Waals surface area (Å²) in [7, 11) is -3.91. The number of halogens is 4. The lowest BCUT2D eigenvalue weighted by Gasteiger charge is -2.25. The van der Waals surface area contributed by atoms with Gasteiger partial charge >= 0.3 is 6.36 Å². The zero-order valence-electron chi connectivity index (χ0n) is 17.2. The molecule has 0 aromatic heterocycles. The maximum atomic E-state index is 12.5. The summed E-state index contributed by atoms with van der Waals surface area (Å²) in [6.07, 6.45) is -4.84. The number of primary sulfonamides is 1. The average Bonchev–Trinajstić information content (AvgIpc) is 3.12. The van der Waals surface area contributed by atoms with Crippen molar-refractivity contribution in [1.29, 1.82) is 0 Å². The molecule has 1 atom stereocenters. The van der Waals surface area contributed by atoms with E-state index in [4.69, 9.17) is 16.7 Å². The summed E-state index contributed by atoms with van der Waals surface area (Å²) in [4.78, 5) is 6.05. The van der Waals surface area contributed by atoms with Crippen molar-refractivity contribution < 1.29 is 31.4 Å². The van der Waals surface area contributed by atoms with Crippen molar-refractivity contribution in [1.82, 2.24) is 0 Å². The molecule has 1 aliphatic heterocycles. The van der Waals surface area contributed by atoms with E-state index in [1.807, 2.05) is 0 Å². The number of β-amino-alcohol motifs (C(OH)–C–C–N with tert-alkyl or cyclic N) is 1. The Labute approximate surface area is 197 Å². The van der Waals surface area contributed by atoms with Gasteiger partial charge < -0.3 is 14.7 Å². The summed E-state index contributed by atoms with van der Waals surface area (Å²) in [5, 5.41) is 17.0. The molecule has 1 aliphatic rings. The smallest absolute Gasteiger partial charge is 0.406 e. The van der Waals surface area contributed by atoms with Gasteiger partial charge in [-0.2, -0.15) is 0 Å². The molecule has 3 aromatic rings. The lowest BCUT2D eigenvalue weighted by molar-refractivity contribution is -0.274. The van der Waals surface area contributed by atoms with Gasteiger partial charge in [-0.25, -0.2) is 18.5 Å². The Kier molecular flexibility index (Phi) is 6.06. The monoisotopic (exact) mass is 511 g/mol. The van der Waals surface area contributed by atoms with Crippen molar-refractivity contribution in [3.63, 3.8) is 0 Å². The summed E-state index contributed by atoms with van der Waals surface area (Å²) in [6.45, 7) is -0.0691. The molecular formula is C22H17ClF3N3O4S. The maximum Gasteiger partial charge on any atom is 0.573 e. The normalized spacial score (nSPS) is 18.6. The number of anilines is 1. The van der Waals surface area contributed by atoms with E-state index in [0.717, 1.165) is 12.1 Å². The van der Waals surface area contributed by atoms with E-state index in [9.17, 15) is 26.7 Å². The molecule has 0 radical (unpaired) electrons.